The summed E-state index contributed by atoms with van der Waals surface area (Å²) in [7, 11) is 0. The third-order valence-electron chi connectivity index (χ3n) is 2.03. The van der Waals surface area contributed by atoms with Gasteiger partial charge in [0.2, 0.25) is 0 Å². The van der Waals surface area contributed by atoms with Crippen LogP contribution in [0.25, 0.3) is 0 Å². The summed E-state index contributed by atoms with van der Waals surface area (Å²) in [5.41, 5.74) is 2.16. The number of anilines is 1. The Morgan fingerprint density at radius 1 is 1.25 bits per heavy atom. The molecule has 0 radical (unpaired) electrons. The maximum absolute atomic E-state index is 3.97. The lowest BCUT2D eigenvalue weighted by Gasteiger charge is -2.07. The van der Waals surface area contributed by atoms with Crippen LogP contribution in [-0.2, 0) is 6.54 Å². The van der Waals surface area contributed by atoms with Crippen LogP contribution in [0.2, 0.25) is 0 Å². The Kier molecular flexibility index (Phi) is 4.11. The van der Waals surface area contributed by atoms with E-state index in [0.717, 1.165) is 22.3 Å². The van der Waals surface area contributed by atoms with E-state index < -0.39 is 0 Å². The molecule has 0 unspecified atom stereocenters. The van der Waals surface area contributed by atoms with E-state index in [-0.39, 0.29) is 0 Å². The highest BCUT2D eigenvalue weighted by atomic mass is 127. The highest BCUT2D eigenvalue weighted by Gasteiger charge is 1.98. The second-order valence-electron chi connectivity index (χ2n) is 3.23. The minimum absolute atomic E-state index is 0.735. The van der Waals surface area contributed by atoms with Crippen molar-refractivity contribution in [3.63, 3.8) is 0 Å². The Bertz CT molecular complexity index is 476. The molecular formula is C11H9BrIN3. The first-order chi connectivity index (χ1) is 7.75. The second kappa shape index (κ2) is 5.58. The molecule has 1 aromatic heterocycles. The summed E-state index contributed by atoms with van der Waals surface area (Å²) in [5, 5.41) is 3.32. The van der Waals surface area contributed by atoms with E-state index in [2.05, 4.69) is 59.9 Å². The molecule has 0 saturated heterocycles. The number of aromatic nitrogens is 2. The van der Waals surface area contributed by atoms with Gasteiger partial charge in [0.1, 0.15) is 6.33 Å². The number of hydrogen-bond donors (Lipinski definition) is 1. The van der Waals surface area contributed by atoms with Crippen molar-refractivity contribution in [2.45, 2.75) is 6.54 Å². The van der Waals surface area contributed by atoms with Gasteiger partial charge in [0.15, 0.2) is 0 Å². The fourth-order valence-corrected chi connectivity index (χ4v) is 1.99. The monoisotopic (exact) mass is 389 g/mol. The van der Waals surface area contributed by atoms with Crippen molar-refractivity contribution in [3.05, 3.63) is 50.5 Å². The molecule has 0 fully saturated rings. The van der Waals surface area contributed by atoms with E-state index in [1.807, 2.05) is 24.5 Å². The molecule has 1 heterocycles. The Hall–Kier alpha value is -0.690. The maximum Gasteiger partial charge on any atom is 0.115 e. The molecule has 3 nitrogen and oxygen atoms in total. The number of rotatable bonds is 3. The minimum atomic E-state index is 0.735. The smallest absolute Gasteiger partial charge is 0.115 e. The van der Waals surface area contributed by atoms with Crippen LogP contribution in [0.5, 0.6) is 0 Å². The molecule has 0 amide bonds. The van der Waals surface area contributed by atoms with Crippen molar-refractivity contribution >= 4 is 44.2 Å². The molecule has 82 valence electrons. The number of benzene rings is 1. The van der Waals surface area contributed by atoms with E-state index in [9.17, 15) is 0 Å². The quantitative estimate of drug-likeness (QED) is 0.817. The number of nitrogens with one attached hydrogen (secondary N) is 1. The van der Waals surface area contributed by atoms with Gasteiger partial charge in [0.05, 0.1) is 0 Å². The topological polar surface area (TPSA) is 37.8 Å². The Balaban J connectivity index is 2.03. The molecule has 5 heteroatoms. The average Bonchev–Trinajstić information content (AvgIpc) is 2.32. The Labute approximate surface area is 116 Å². The zero-order chi connectivity index (χ0) is 11.4. The van der Waals surface area contributed by atoms with Crippen LogP contribution in [0, 0.1) is 3.57 Å². The first-order valence-corrected chi connectivity index (χ1v) is 6.55. The van der Waals surface area contributed by atoms with Crippen LogP contribution in [0.15, 0.2) is 41.4 Å². The highest BCUT2D eigenvalue weighted by Crippen LogP contribution is 2.22. The summed E-state index contributed by atoms with van der Waals surface area (Å²) in [4.78, 5) is 7.94. The van der Waals surface area contributed by atoms with Crippen molar-refractivity contribution in [1.82, 2.24) is 9.97 Å². The molecule has 16 heavy (non-hydrogen) atoms. The number of halogens is 2. The van der Waals surface area contributed by atoms with Crippen molar-refractivity contribution in [1.29, 1.82) is 0 Å². The summed E-state index contributed by atoms with van der Waals surface area (Å²) in [6.45, 7) is 0.735. The summed E-state index contributed by atoms with van der Waals surface area (Å²) >= 11 is 5.76. The summed E-state index contributed by atoms with van der Waals surface area (Å²) in [5.74, 6) is 0. The SMILES string of the molecule is Brc1ccc(NCc2cncnc2)cc1I. The molecule has 0 aliphatic carbocycles. The summed E-state index contributed by atoms with van der Waals surface area (Å²) in [6.07, 6.45) is 5.15. The number of hydrogen-bond acceptors (Lipinski definition) is 3. The predicted octanol–water partition coefficient (Wildman–Crippen LogP) is 3.46. The zero-order valence-corrected chi connectivity index (χ0v) is 12.1. The van der Waals surface area contributed by atoms with Crippen LogP contribution in [0.1, 0.15) is 5.56 Å². The van der Waals surface area contributed by atoms with Crippen molar-refractivity contribution in [2.75, 3.05) is 5.32 Å². The van der Waals surface area contributed by atoms with Crippen LogP contribution in [0.3, 0.4) is 0 Å². The lowest BCUT2D eigenvalue weighted by Crippen LogP contribution is -2.00. The molecule has 0 spiro atoms. The van der Waals surface area contributed by atoms with Crippen LogP contribution >= 0.6 is 38.5 Å². The lowest BCUT2D eigenvalue weighted by molar-refractivity contribution is 1.05. The van der Waals surface area contributed by atoms with Gasteiger partial charge >= 0.3 is 0 Å². The first kappa shape index (κ1) is 11.8. The first-order valence-electron chi connectivity index (χ1n) is 4.68. The molecule has 0 atom stereocenters. The number of nitrogens with zero attached hydrogens (tertiary/aromatic N) is 2. The lowest BCUT2D eigenvalue weighted by atomic mass is 10.3. The van der Waals surface area contributed by atoms with Gasteiger partial charge in [-0.15, -0.1) is 0 Å². The van der Waals surface area contributed by atoms with Crippen LogP contribution in [-0.4, -0.2) is 9.97 Å². The van der Waals surface area contributed by atoms with E-state index in [4.69, 9.17) is 0 Å². The predicted molar refractivity (Wildman–Crippen MR) is 76.2 cm³/mol. The van der Waals surface area contributed by atoms with Crippen molar-refractivity contribution in [2.24, 2.45) is 0 Å². The minimum Gasteiger partial charge on any atom is -0.381 e. The zero-order valence-electron chi connectivity index (χ0n) is 8.32. The molecule has 1 aromatic carbocycles. The van der Waals surface area contributed by atoms with Crippen molar-refractivity contribution < 1.29 is 0 Å². The highest BCUT2D eigenvalue weighted by molar-refractivity contribution is 14.1. The Morgan fingerprint density at radius 3 is 2.69 bits per heavy atom. The Morgan fingerprint density at radius 2 is 2.00 bits per heavy atom. The van der Waals surface area contributed by atoms with Gasteiger partial charge in [-0.25, -0.2) is 9.97 Å². The third kappa shape index (κ3) is 3.15. The average molecular weight is 390 g/mol. The third-order valence-corrected chi connectivity index (χ3v) is 4.36. The molecule has 2 rings (SSSR count). The normalized spacial score (nSPS) is 10.1. The standard InChI is InChI=1S/C11H9BrIN3/c12-10-2-1-9(3-11(10)13)16-6-8-4-14-7-15-5-8/h1-5,7,16H,6H2. The second-order valence-corrected chi connectivity index (χ2v) is 5.25. The van der Waals surface area contributed by atoms with Gasteiger partial charge in [0, 0.05) is 38.2 Å². The van der Waals surface area contributed by atoms with E-state index in [1.165, 1.54) is 9.90 Å². The van der Waals surface area contributed by atoms with Gasteiger partial charge in [-0.2, -0.15) is 0 Å². The maximum atomic E-state index is 3.97. The fraction of sp³-hybridized carbons (Fsp3) is 0.0909. The van der Waals surface area contributed by atoms with E-state index in [0.29, 0.717) is 0 Å². The van der Waals surface area contributed by atoms with E-state index >= 15 is 0 Å². The molecule has 0 aliphatic heterocycles. The summed E-state index contributed by atoms with van der Waals surface area (Å²) in [6, 6.07) is 6.16. The van der Waals surface area contributed by atoms with Gasteiger partial charge in [-0.3, -0.25) is 0 Å². The molecule has 2 aromatic rings. The van der Waals surface area contributed by atoms with E-state index in [1.54, 1.807) is 0 Å². The van der Waals surface area contributed by atoms with Crippen LogP contribution in [0.4, 0.5) is 5.69 Å². The molecule has 0 saturated carbocycles. The van der Waals surface area contributed by atoms with Crippen LogP contribution < -0.4 is 5.32 Å². The molecule has 0 aliphatic rings. The van der Waals surface area contributed by atoms with Gasteiger partial charge in [0.25, 0.3) is 0 Å². The largest absolute Gasteiger partial charge is 0.381 e. The van der Waals surface area contributed by atoms with Gasteiger partial charge < -0.3 is 5.32 Å². The van der Waals surface area contributed by atoms with Gasteiger partial charge in [-0.05, 0) is 56.7 Å². The molecule has 0 bridgehead atoms. The fourth-order valence-electron chi connectivity index (χ4n) is 1.23. The molecular weight excluding hydrogens is 381 g/mol. The molecule has 1 N–H and O–H groups in total. The van der Waals surface area contributed by atoms with Crippen molar-refractivity contribution in [3.8, 4) is 0 Å². The van der Waals surface area contributed by atoms with Gasteiger partial charge in [-0.1, -0.05) is 0 Å². The summed E-state index contributed by atoms with van der Waals surface area (Å²) < 4.78 is 2.30.